The van der Waals surface area contributed by atoms with Crippen LogP contribution in [0.5, 0.6) is 0 Å². The smallest absolute Gasteiger partial charge is 0.224 e. The number of halogens is 2. The molecule has 1 fully saturated rings. The number of aliphatic hydroxyl groups is 1. The van der Waals surface area contributed by atoms with Gasteiger partial charge in [-0.3, -0.25) is 4.79 Å². The Bertz CT molecular complexity index is 455. The van der Waals surface area contributed by atoms with E-state index in [4.69, 9.17) is 23.2 Å². The molecular weight excluding hydrogens is 305 g/mol. The lowest BCUT2D eigenvalue weighted by molar-refractivity contribution is -0.121. The molecular formula is C13H15Cl2NO2S. The van der Waals surface area contributed by atoms with Crippen LogP contribution in [-0.4, -0.2) is 34.7 Å². The normalized spacial score (nSPS) is 22.5. The van der Waals surface area contributed by atoms with Crippen molar-refractivity contribution in [3.8, 4) is 0 Å². The second-order valence-electron chi connectivity index (χ2n) is 4.68. The van der Waals surface area contributed by atoms with Crippen LogP contribution in [0, 0.1) is 0 Å². The number of carbonyl (C=O) groups is 1. The highest BCUT2D eigenvalue weighted by molar-refractivity contribution is 7.99. The van der Waals surface area contributed by atoms with E-state index in [0.29, 0.717) is 27.8 Å². The second-order valence-corrected chi connectivity index (χ2v) is 6.60. The number of rotatable bonds is 4. The summed E-state index contributed by atoms with van der Waals surface area (Å²) in [5, 5.41) is 13.8. The molecule has 19 heavy (non-hydrogen) atoms. The fraction of sp³-hybridized carbons (Fsp3) is 0.462. The number of hydrogen-bond donors (Lipinski definition) is 2. The van der Waals surface area contributed by atoms with E-state index < -0.39 is 5.60 Å². The second kappa shape index (κ2) is 6.35. The molecule has 1 aromatic carbocycles. The van der Waals surface area contributed by atoms with E-state index in [1.807, 2.05) is 0 Å². The molecule has 1 amide bonds. The van der Waals surface area contributed by atoms with Gasteiger partial charge in [-0.15, -0.1) is 0 Å². The number of nitrogens with one attached hydrogen (secondary N) is 1. The summed E-state index contributed by atoms with van der Waals surface area (Å²) in [6, 6.07) is 5.15. The lowest BCUT2D eigenvalue weighted by atomic mass is 10.0. The molecule has 3 nitrogen and oxygen atoms in total. The van der Waals surface area contributed by atoms with Gasteiger partial charge in [0, 0.05) is 22.3 Å². The zero-order chi connectivity index (χ0) is 13.9. The molecule has 2 rings (SSSR count). The summed E-state index contributed by atoms with van der Waals surface area (Å²) < 4.78 is 0. The van der Waals surface area contributed by atoms with Gasteiger partial charge in [0.1, 0.15) is 0 Å². The number of carbonyl (C=O) groups excluding carboxylic acids is 1. The first-order valence-corrected chi connectivity index (χ1v) is 7.91. The van der Waals surface area contributed by atoms with E-state index in [1.54, 1.807) is 30.0 Å². The van der Waals surface area contributed by atoms with Gasteiger partial charge in [-0.25, -0.2) is 0 Å². The number of hydrogen-bond acceptors (Lipinski definition) is 3. The van der Waals surface area contributed by atoms with Crippen molar-refractivity contribution < 1.29 is 9.90 Å². The minimum atomic E-state index is -0.773. The summed E-state index contributed by atoms with van der Waals surface area (Å²) in [5.74, 6) is 1.42. The van der Waals surface area contributed by atoms with Crippen molar-refractivity contribution in [1.29, 1.82) is 0 Å². The van der Waals surface area contributed by atoms with Crippen LogP contribution in [0.15, 0.2) is 18.2 Å². The summed E-state index contributed by atoms with van der Waals surface area (Å²) >= 11 is 13.7. The maximum absolute atomic E-state index is 11.9. The molecule has 2 N–H and O–H groups in total. The van der Waals surface area contributed by atoms with Crippen LogP contribution in [0.2, 0.25) is 10.0 Å². The summed E-state index contributed by atoms with van der Waals surface area (Å²) in [4.78, 5) is 11.9. The average molecular weight is 320 g/mol. The van der Waals surface area contributed by atoms with Crippen molar-refractivity contribution >= 4 is 40.9 Å². The quantitative estimate of drug-likeness (QED) is 0.896. The predicted molar refractivity (Wildman–Crippen MR) is 80.1 cm³/mol. The molecule has 104 valence electrons. The fourth-order valence-corrected chi connectivity index (χ4v) is 3.75. The summed E-state index contributed by atoms with van der Waals surface area (Å²) in [6.07, 6.45) is 0.840. The summed E-state index contributed by atoms with van der Waals surface area (Å²) in [7, 11) is 0. The number of benzene rings is 1. The third-order valence-corrected chi connectivity index (χ3v) is 5.04. The van der Waals surface area contributed by atoms with Crippen molar-refractivity contribution in [2.24, 2.45) is 0 Å². The van der Waals surface area contributed by atoms with Crippen LogP contribution in [-0.2, 0) is 11.2 Å². The first kappa shape index (κ1) is 15.0. The third-order valence-electron chi connectivity index (χ3n) is 3.10. The molecule has 0 saturated carbocycles. The van der Waals surface area contributed by atoms with Crippen molar-refractivity contribution in [2.75, 3.05) is 18.1 Å². The molecule has 1 heterocycles. The van der Waals surface area contributed by atoms with Crippen molar-refractivity contribution in [1.82, 2.24) is 5.32 Å². The van der Waals surface area contributed by atoms with Gasteiger partial charge in [0.05, 0.1) is 12.0 Å². The lowest BCUT2D eigenvalue weighted by Gasteiger charge is -2.21. The van der Waals surface area contributed by atoms with Crippen LogP contribution < -0.4 is 5.32 Å². The maximum Gasteiger partial charge on any atom is 0.224 e. The van der Waals surface area contributed by atoms with Crippen molar-refractivity contribution in [2.45, 2.75) is 18.4 Å². The highest BCUT2D eigenvalue weighted by Crippen LogP contribution is 2.27. The topological polar surface area (TPSA) is 49.3 Å². The standard InChI is InChI=1S/C13H15Cl2NO2S/c14-10-2-1-3-11(15)9(10)6-12(17)16-7-13(18)4-5-19-8-13/h1-3,18H,4-8H2,(H,16,17). The molecule has 0 aromatic heterocycles. The largest absolute Gasteiger partial charge is 0.387 e. The minimum Gasteiger partial charge on any atom is -0.387 e. The third kappa shape index (κ3) is 4.02. The lowest BCUT2D eigenvalue weighted by Crippen LogP contribution is -2.43. The van der Waals surface area contributed by atoms with Gasteiger partial charge in [0.15, 0.2) is 0 Å². The maximum atomic E-state index is 11.9. The molecule has 0 bridgehead atoms. The first-order chi connectivity index (χ1) is 9.00. The Morgan fingerprint density at radius 1 is 1.42 bits per heavy atom. The zero-order valence-corrected chi connectivity index (χ0v) is 12.6. The summed E-state index contributed by atoms with van der Waals surface area (Å²) in [5.41, 5.74) is -0.152. The highest BCUT2D eigenvalue weighted by atomic mass is 35.5. The molecule has 1 saturated heterocycles. The van der Waals surface area contributed by atoms with E-state index in [1.165, 1.54) is 0 Å². The average Bonchev–Trinajstić information content (AvgIpc) is 2.79. The molecule has 1 unspecified atom stereocenters. The Morgan fingerprint density at radius 3 is 2.68 bits per heavy atom. The van der Waals surface area contributed by atoms with Gasteiger partial charge in [0.25, 0.3) is 0 Å². The van der Waals surface area contributed by atoms with Crippen molar-refractivity contribution in [3.63, 3.8) is 0 Å². The Balaban J connectivity index is 1.91. The Hall–Kier alpha value is -0.420. The van der Waals surface area contributed by atoms with Gasteiger partial charge in [0.2, 0.25) is 5.91 Å². The molecule has 1 aromatic rings. The fourth-order valence-electron chi connectivity index (χ4n) is 1.92. The van der Waals surface area contributed by atoms with Crippen LogP contribution in [0.1, 0.15) is 12.0 Å². The molecule has 1 aliphatic rings. The minimum absolute atomic E-state index is 0.127. The van der Waals surface area contributed by atoms with Gasteiger partial charge in [-0.1, -0.05) is 29.3 Å². The Kier molecular flexibility index (Phi) is 5.01. The van der Waals surface area contributed by atoms with Gasteiger partial charge >= 0.3 is 0 Å². The van der Waals surface area contributed by atoms with E-state index >= 15 is 0 Å². The predicted octanol–water partition coefficient (Wildman–Crippen LogP) is 2.52. The molecule has 0 radical (unpaired) electrons. The van der Waals surface area contributed by atoms with Crippen LogP contribution in [0.25, 0.3) is 0 Å². The van der Waals surface area contributed by atoms with Crippen molar-refractivity contribution in [3.05, 3.63) is 33.8 Å². The SMILES string of the molecule is O=C(Cc1c(Cl)cccc1Cl)NCC1(O)CCSC1. The summed E-state index contributed by atoms with van der Waals surface area (Å²) in [6.45, 7) is 0.279. The number of thioether (sulfide) groups is 1. The Morgan fingerprint density at radius 2 is 2.11 bits per heavy atom. The Labute approximate surface area is 126 Å². The molecule has 0 aliphatic carbocycles. The van der Waals surface area contributed by atoms with Crippen LogP contribution >= 0.6 is 35.0 Å². The molecule has 0 spiro atoms. The molecule has 6 heteroatoms. The van der Waals surface area contributed by atoms with Gasteiger partial charge < -0.3 is 10.4 Å². The van der Waals surface area contributed by atoms with Crippen LogP contribution in [0.3, 0.4) is 0 Å². The number of amides is 1. The van der Waals surface area contributed by atoms with Gasteiger partial charge in [-0.05, 0) is 29.9 Å². The van der Waals surface area contributed by atoms with E-state index in [9.17, 15) is 9.90 Å². The van der Waals surface area contributed by atoms with Gasteiger partial charge in [-0.2, -0.15) is 11.8 Å². The molecule has 1 aliphatic heterocycles. The van der Waals surface area contributed by atoms with E-state index in [2.05, 4.69) is 5.32 Å². The molecule has 1 atom stereocenters. The zero-order valence-electron chi connectivity index (χ0n) is 10.3. The van der Waals surface area contributed by atoms with E-state index in [-0.39, 0.29) is 18.9 Å². The first-order valence-electron chi connectivity index (χ1n) is 6.00. The van der Waals surface area contributed by atoms with Crippen LogP contribution in [0.4, 0.5) is 0 Å². The monoisotopic (exact) mass is 319 g/mol. The van der Waals surface area contributed by atoms with E-state index in [0.717, 1.165) is 5.75 Å². The highest BCUT2D eigenvalue weighted by Gasteiger charge is 2.31.